The fourth-order valence-electron chi connectivity index (χ4n) is 2.91. The average molecular weight is 237 g/mol. The second-order valence-electron chi connectivity index (χ2n) is 5.34. The molecular formula is C14H27N3. The van der Waals surface area contributed by atoms with Gasteiger partial charge in [-0.25, -0.2) is 0 Å². The first-order chi connectivity index (χ1) is 8.19. The Hall–Kier alpha value is -0.590. The van der Waals surface area contributed by atoms with Gasteiger partial charge in [-0.3, -0.25) is 0 Å². The molecule has 0 aromatic carbocycles. The second-order valence-corrected chi connectivity index (χ2v) is 5.34. The summed E-state index contributed by atoms with van der Waals surface area (Å²) in [5, 5.41) is 12.2. The zero-order valence-electron chi connectivity index (χ0n) is 11.6. The lowest BCUT2D eigenvalue weighted by molar-refractivity contribution is 0.136. The molecule has 1 saturated carbocycles. The molecule has 0 heterocycles. The molecule has 0 aliphatic heterocycles. The molecule has 0 aromatic heterocycles. The van der Waals surface area contributed by atoms with Gasteiger partial charge in [-0.2, -0.15) is 5.26 Å². The maximum Gasteiger partial charge on any atom is 0.0965 e. The summed E-state index contributed by atoms with van der Waals surface area (Å²) in [6, 6.07) is 3.08. The standard InChI is InChI=1S/C14H27N3/c1-4-16-13(11-15)9-10-17(3)14-8-6-5-7-12(14)2/h12-14,16H,4-10H2,1-3H3. The van der Waals surface area contributed by atoms with Crippen LogP contribution in [0.15, 0.2) is 0 Å². The van der Waals surface area contributed by atoms with Gasteiger partial charge in [0.25, 0.3) is 0 Å². The summed E-state index contributed by atoms with van der Waals surface area (Å²) in [5.41, 5.74) is 0. The summed E-state index contributed by atoms with van der Waals surface area (Å²) >= 11 is 0. The van der Waals surface area contributed by atoms with Crippen LogP contribution in [0.4, 0.5) is 0 Å². The van der Waals surface area contributed by atoms with Gasteiger partial charge in [-0.1, -0.05) is 26.7 Å². The van der Waals surface area contributed by atoms with E-state index < -0.39 is 0 Å². The summed E-state index contributed by atoms with van der Waals surface area (Å²) < 4.78 is 0. The number of nitrogens with one attached hydrogen (secondary N) is 1. The van der Waals surface area contributed by atoms with Crippen LogP contribution in [0.3, 0.4) is 0 Å². The minimum absolute atomic E-state index is 0.0151. The fraction of sp³-hybridized carbons (Fsp3) is 0.929. The third-order valence-corrected chi connectivity index (χ3v) is 4.01. The van der Waals surface area contributed by atoms with Crippen molar-refractivity contribution in [1.29, 1.82) is 5.26 Å². The maximum atomic E-state index is 9.00. The van der Waals surface area contributed by atoms with E-state index in [1.165, 1.54) is 25.7 Å². The van der Waals surface area contributed by atoms with E-state index in [0.29, 0.717) is 0 Å². The Morgan fingerprint density at radius 1 is 1.41 bits per heavy atom. The molecule has 0 spiro atoms. The van der Waals surface area contributed by atoms with Crippen LogP contribution in [-0.2, 0) is 0 Å². The molecule has 17 heavy (non-hydrogen) atoms. The van der Waals surface area contributed by atoms with Gasteiger partial charge < -0.3 is 10.2 Å². The average Bonchev–Trinajstić information content (AvgIpc) is 2.34. The van der Waals surface area contributed by atoms with Crippen LogP contribution >= 0.6 is 0 Å². The molecule has 0 saturated heterocycles. The van der Waals surface area contributed by atoms with E-state index in [2.05, 4.69) is 37.2 Å². The summed E-state index contributed by atoms with van der Waals surface area (Å²) in [4.78, 5) is 2.46. The smallest absolute Gasteiger partial charge is 0.0965 e. The molecular weight excluding hydrogens is 210 g/mol. The predicted molar refractivity (Wildman–Crippen MR) is 71.7 cm³/mol. The lowest BCUT2D eigenvalue weighted by Gasteiger charge is -2.36. The Morgan fingerprint density at radius 2 is 2.12 bits per heavy atom. The molecule has 1 aliphatic rings. The van der Waals surface area contributed by atoms with Crippen molar-refractivity contribution < 1.29 is 0 Å². The van der Waals surface area contributed by atoms with Crippen molar-refractivity contribution in [3.8, 4) is 6.07 Å². The van der Waals surface area contributed by atoms with Crippen molar-refractivity contribution in [2.45, 2.75) is 58.0 Å². The Kier molecular flexibility index (Phi) is 6.54. The molecule has 1 aliphatic carbocycles. The van der Waals surface area contributed by atoms with E-state index in [1.54, 1.807) is 0 Å². The fourth-order valence-corrected chi connectivity index (χ4v) is 2.91. The van der Waals surface area contributed by atoms with Gasteiger partial charge in [-0.15, -0.1) is 0 Å². The van der Waals surface area contributed by atoms with Crippen molar-refractivity contribution in [1.82, 2.24) is 10.2 Å². The van der Waals surface area contributed by atoms with Crippen LogP contribution in [0.2, 0.25) is 0 Å². The summed E-state index contributed by atoms with van der Waals surface area (Å²) in [7, 11) is 2.22. The zero-order chi connectivity index (χ0) is 12.7. The number of hydrogen-bond donors (Lipinski definition) is 1. The Morgan fingerprint density at radius 3 is 2.71 bits per heavy atom. The van der Waals surface area contributed by atoms with Crippen LogP contribution in [0.1, 0.15) is 46.0 Å². The molecule has 0 amide bonds. The highest BCUT2D eigenvalue weighted by molar-refractivity contribution is 4.90. The third-order valence-electron chi connectivity index (χ3n) is 4.01. The first kappa shape index (κ1) is 14.5. The summed E-state index contributed by atoms with van der Waals surface area (Å²) in [5.74, 6) is 0.813. The monoisotopic (exact) mass is 237 g/mol. The molecule has 0 bridgehead atoms. The van der Waals surface area contributed by atoms with Crippen LogP contribution < -0.4 is 5.32 Å². The number of nitriles is 1. The van der Waals surface area contributed by atoms with Gasteiger partial charge in [0.05, 0.1) is 12.1 Å². The maximum absolute atomic E-state index is 9.00. The minimum atomic E-state index is 0.0151. The first-order valence-electron chi connectivity index (χ1n) is 7.02. The van der Waals surface area contributed by atoms with Crippen molar-refractivity contribution >= 4 is 0 Å². The summed E-state index contributed by atoms with van der Waals surface area (Å²) in [6.07, 6.45) is 6.39. The molecule has 98 valence electrons. The molecule has 3 heteroatoms. The van der Waals surface area contributed by atoms with E-state index in [1.807, 2.05) is 0 Å². The van der Waals surface area contributed by atoms with E-state index in [4.69, 9.17) is 5.26 Å². The van der Waals surface area contributed by atoms with Gasteiger partial charge in [-0.05, 0) is 38.8 Å². The second kappa shape index (κ2) is 7.68. The van der Waals surface area contributed by atoms with Crippen LogP contribution in [0, 0.1) is 17.2 Å². The number of nitrogens with zero attached hydrogens (tertiary/aromatic N) is 2. The van der Waals surface area contributed by atoms with Crippen LogP contribution in [-0.4, -0.2) is 37.1 Å². The van der Waals surface area contributed by atoms with Gasteiger partial charge in [0.15, 0.2) is 0 Å². The molecule has 1 N–H and O–H groups in total. The van der Waals surface area contributed by atoms with E-state index >= 15 is 0 Å². The Bertz CT molecular complexity index is 246. The predicted octanol–water partition coefficient (Wildman–Crippen LogP) is 2.39. The quantitative estimate of drug-likeness (QED) is 0.771. The van der Waals surface area contributed by atoms with Gasteiger partial charge in [0.2, 0.25) is 0 Å². The van der Waals surface area contributed by atoms with Crippen LogP contribution in [0.5, 0.6) is 0 Å². The van der Waals surface area contributed by atoms with Crippen LogP contribution in [0.25, 0.3) is 0 Å². The normalized spacial score (nSPS) is 26.8. The van der Waals surface area contributed by atoms with Crippen molar-refractivity contribution in [2.75, 3.05) is 20.1 Å². The Balaban J connectivity index is 2.32. The van der Waals surface area contributed by atoms with E-state index in [-0.39, 0.29) is 6.04 Å². The minimum Gasteiger partial charge on any atom is -0.303 e. The molecule has 3 nitrogen and oxygen atoms in total. The lowest BCUT2D eigenvalue weighted by atomic mass is 9.85. The molecule has 1 fully saturated rings. The van der Waals surface area contributed by atoms with Crippen molar-refractivity contribution in [3.63, 3.8) is 0 Å². The largest absolute Gasteiger partial charge is 0.303 e. The van der Waals surface area contributed by atoms with Gasteiger partial charge in [0.1, 0.15) is 0 Å². The van der Waals surface area contributed by atoms with E-state index in [9.17, 15) is 0 Å². The lowest BCUT2D eigenvalue weighted by Crippen LogP contribution is -2.41. The molecule has 0 radical (unpaired) electrons. The molecule has 0 aromatic rings. The van der Waals surface area contributed by atoms with Gasteiger partial charge >= 0.3 is 0 Å². The first-order valence-corrected chi connectivity index (χ1v) is 7.02. The number of rotatable bonds is 6. The third kappa shape index (κ3) is 4.65. The van der Waals surface area contributed by atoms with E-state index in [0.717, 1.165) is 31.5 Å². The molecule has 3 atom stereocenters. The summed E-state index contributed by atoms with van der Waals surface area (Å²) in [6.45, 7) is 6.33. The highest BCUT2D eigenvalue weighted by atomic mass is 15.1. The number of hydrogen-bond acceptors (Lipinski definition) is 3. The molecule has 3 unspecified atom stereocenters. The Labute approximate surface area is 106 Å². The highest BCUT2D eigenvalue weighted by Crippen LogP contribution is 2.27. The topological polar surface area (TPSA) is 39.1 Å². The zero-order valence-corrected chi connectivity index (χ0v) is 11.6. The molecule has 1 rings (SSSR count). The van der Waals surface area contributed by atoms with Gasteiger partial charge in [0, 0.05) is 12.6 Å². The SMILES string of the molecule is CCNC(C#N)CCN(C)C1CCCCC1C. The highest BCUT2D eigenvalue weighted by Gasteiger charge is 2.24. The van der Waals surface area contributed by atoms with Crippen molar-refractivity contribution in [3.05, 3.63) is 0 Å². The van der Waals surface area contributed by atoms with Crippen molar-refractivity contribution in [2.24, 2.45) is 5.92 Å².